The highest BCUT2D eigenvalue weighted by Crippen LogP contribution is 2.53. The zero-order valence-electron chi connectivity index (χ0n) is 13.4. The Morgan fingerprint density at radius 2 is 1.30 bits per heavy atom. The van der Waals surface area contributed by atoms with Gasteiger partial charge in [0.25, 0.3) is 0 Å². The molecule has 1 heterocycles. The molecule has 122 valence electrons. The monoisotopic (exact) mass is 313 g/mol. The van der Waals surface area contributed by atoms with Gasteiger partial charge in [-0.2, -0.15) is 10.5 Å². The molecule has 5 heteroatoms. The third-order valence-electron chi connectivity index (χ3n) is 6.46. The number of rotatable bonds is 1. The Morgan fingerprint density at radius 1 is 0.826 bits per heavy atom. The summed E-state index contributed by atoms with van der Waals surface area (Å²) in [6.45, 7) is 0. The standard InChI is InChI=1S/C18H23N3O2/c19-10-14-16(22)21-17(23)15(11-20)18(14)8-6-13(7-9-18)12-4-2-1-3-5-12/h12-15H,1-9H2,(H,21,22,23)/t14-,15-/m1/s1. The van der Waals surface area contributed by atoms with E-state index in [1.165, 1.54) is 32.1 Å². The van der Waals surface area contributed by atoms with Crippen molar-refractivity contribution in [3.05, 3.63) is 0 Å². The van der Waals surface area contributed by atoms with Gasteiger partial charge in [-0.05, 0) is 37.5 Å². The van der Waals surface area contributed by atoms with Crippen LogP contribution in [-0.2, 0) is 9.59 Å². The summed E-state index contributed by atoms with van der Waals surface area (Å²) < 4.78 is 0. The number of amides is 2. The van der Waals surface area contributed by atoms with Gasteiger partial charge in [0.15, 0.2) is 0 Å². The van der Waals surface area contributed by atoms with Crippen LogP contribution in [0.1, 0.15) is 57.8 Å². The quantitative estimate of drug-likeness (QED) is 0.753. The van der Waals surface area contributed by atoms with Crippen molar-refractivity contribution in [1.29, 1.82) is 10.5 Å². The number of hydrogen-bond acceptors (Lipinski definition) is 4. The van der Waals surface area contributed by atoms with Crippen LogP contribution in [0.2, 0.25) is 0 Å². The molecule has 2 aliphatic carbocycles. The van der Waals surface area contributed by atoms with Gasteiger partial charge in [0, 0.05) is 5.41 Å². The molecular formula is C18H23N3O2. The molecule has 1 spiro atoms. The summed E-state index contributed by atoms with van der Waals surface area (Å²) in [4.78, 5) is 24.2. The predicted octanol–water partition coefficient (Wildman–Crippen LogP) is 2.68. The van der Waals surface area contributed by atoms with E-state index in [0.717, 1.165) is 18.8 Å². The molecule has 0 aromatic heterocycles. The van der Waals surface area contributed by atoms with Crippen LogP contribution in [0.5, 0.6) is 0 Å². The highest BCUT2D eigenvalue weighted by Gasteiger charge is 2.57. The van der Waals surface area contributed by atoms with Crippen molar-refractivity contribution in [1.82, 2.24) is 5.32 Å². The summed E-state index contributed by atoms with van der Waals surface area (Å²) in [6, 6.07) is 4.16. The molecule has 5 nitrogen and oxygen atoms in total. The van der Waals surface area contributed by atoms with Gasteiger partial charge in [-0.25, -0.2) is 0 Å². The molecule has 3 fully saturated rings. The number of imide groups is 1. The number of hydrogen-bond donors (Lipinski definition) is 1. The summed E-state index contributed by atoms with van der Waals surface area (Å²) in [7, 11) is 0. The number of carbonyl (C=O) groups excluding carboxylic acids is 2. The smallest absolute Gasteiger partial charge is 0.244 e. The minimum atomic E-state index is -0.878. The fourth-order valence-electron chi connectivity index (χ4n) is 5.16. The van der Waals surface area contributed by atoms with Crippen molar-refractivity contribution in [2.24, 2.45) is 29.1 Å². The maximum absolute atomic E-state index is 12.1. The number of nitrogens with zero attached hydrogens (tertiary/aromatic N) is 2. The number of nitriles is 2. The molecule has 1 saturated heterocycles. The van der Waals surface area contributed by atoms with Crippen LogP contribution in [0.25, 0.3) is 0 Å². The first-order valence-corrected chi connectivity index (χ1v) is 8.76. The molecule has 2 saturated carbocycles. The zero-order valence-corrected chi connectivity index (χ0v) is 13.4. The van der Waals surface area contributed by atoms with E-state index in [0.29, 0.717) is 18.8 Å². The van der Waals surface area contributed by atoms with Crippen LogP contribution in [0.4, 0.5) is 0 Å². The fourth-order valence-corrected chi connectivity index (χ4v) is 5.16. The van der Waals surface area contributed by atoms with E-state index < -0.39 is 29.1 Å². The largest absolute Gasteiger partial charge is 0.294 e. The first-order valence-electron chi connectivity index (χ1n) is 8.76. The molecular weight excluding hydrogens is 290 g/mol. The van der Waals surface area contributed by atoms with E-state index in [2.05, 4.69) is 17.5 Å². The third kappa shape index (κ3) is 2.63. The molecule has 3 rings (SSSR count). The predicted molar refractivity (Wildman–Crippen MR) is 82.3 cm³/mol. The minimum Gasteiger partial charge on any atom is -0.294 e. The third-order valence-corrected chi connectivity index (χ3v) is 6.46. The Labute approximate surface area is 137 Å². The van der Waals surface area contributed by atoms with Crippen LogP contribution in [0.3, 0.4) is 0 Å². The maximum Gasteiger partial charge on any atom is 0.244 e. The molecule has 1 aliphatic heterocycles. The Kier molecular flexibility index (Phi) is 4.39. The second-order valence-corrected chi connectivity index (χ2v) is 7.45. The van der Waals surface area contributed by atoms with Crippen molar-refractivity contribution in [2.75, 3.05) is 0 Å². The van der Waals surface area contributed by atoms with Gasteiger partial charge in [0.1, 0.15) is 11.8 Å². The second kappa shape index (κ2) is 6.32. The van der Waals surface area contributed by atoms with Gasteiger partial charge in [-0.1, -0.05) is 32.1 Å². The topological polar surface area (TPSA) is 93.8 Å². The van der Waals surface area contributed by atoms with Crippen molar-refractivity contribution in [2.45, 2.75) is 57.8 Å². The SMILES string of the molecule is N#C[C@@H]1C(=O)NC(=O)[C@@H](C#N)C12CCC(C1CCCCC1)CC2. The lowest BCUT2D eigenvalue weighted by Gasteiger charge is -2.48. The minimum absolute atomic E-state index is 0.514. The Hall–Kier alpha value is -1.88. The summed E-state index contributed by atoms with van der Waals surface area (Å²) in [5.74, 6) is -1.41. The normalized spacial score (nSPS) is 32.1. The summed E-state index contributed by atoms with van der Waals surface area (Å²) in [5, 5.41) is 21.1. The lowest BCUT2D eigenvalue weighted by atomic mass is 9.54. The number of carbonyl (C=O) groups is 2. The molecule has 2 atom stereocenters. The average Bonchev–Trinajstić information content (AvgIpc) is 2.57. The first-order chi connectivity index (χ1) is 11.1. The molecule has 0 unspecified atom stereocenters. The molecule has 3 aliphatic rings. The molecule has 0 radical (unpaired) electrons. The lowest BCUT2D eigenvalue weighted by molar-refractivity contribution is -0.147. The lowest BCUT2D eigenvalue weighted by Crippen LogP contribution is -2.58. The zero-order chi connectivity index (χ0) is 16.4. The van der Waals surface area contributed by atoms with Gasteiger partial charge in [0.05, 0.1) is 12.1 Å². The van der Waals surface area contributed by atoms with Crippen molar-refractivity contribution in [3.63, 3.8) is 0 Å². The van der Waals surface area contributed by atoms with E-state index in [9.17, 15) is 20.1 Å². The van der Waals surface area contributed by atoms with E-state index >= 15 is 0 Å². The van der Waals surface area contributed by atoms with E-state index in [1.54, 1.807) is 0 Å². The Balaban J connectivity index is 1.80. The van der Waals surface area contributed by atoms with Crippen molar-refractivity contribution < 1.29 is 9.59 Å². The van der Waals surface area contributed by atoms with Gasteiger partial charge in [-0.15, -0.1) is 0 Å². The molecule has 0 bridgehead atoms. The van der Waals surface area contributed by atoms with Gasteiger partial charge in [0.2, 0.25) is 11.8 Å². The van der Waals surface area contributed by atoms with Crippen LogP contribution >= 0.6 is 0 Å². The Bertz CT molecular complexity index is 538. The number of piperidine rings is 1. The average molecular weight is 313 g/mol. The van der Waals surface area contributed by atoms with Crippen LogP contribution in [0, 0.1) is 51.7 Å². The van der Waals surface area contributed by atoms with Gasteiger partial charge < -0.3 is 0 Å². The van der Waals surface area contributed by atoms with Crippen LogP contribution in [-0.4, -0.2) is 11.8 Å². The van der Waals surface area contributed by atoms with Crippen molar-refractivity contribution >= 4 is 11.8 Å². The highest BCUT2D eigenvalue weighted by molar-refractivity contribution is 6.03. The summed E-state index contributed by atoms with van der Waals surface area (Å²) >= 11 is 0. The van der Waals surface area contributed by atoms with Crippen LogP contribution < -0.4 is 5.32 Å². The summed E-state index contributed by atoms with van der Waals surface area (Å²) in [6.07, 6.45) is 9.64. The second-order valence-electron chi connectivity index (χ2n) is 7.45. The summed E-state index contributed by atoms with van der Waals surface area (Å²) in [5.41, 5.74) is -0.770. The fraction of sp³-hybridized carbons (Fsp3) is 0.778. The van der Waals surface area contributed by atoms with Gasteiger partial charge in [-0.3, -0.25) is 14.9 Å². The molecule has 1 N–H and O–H groups in total. The van der Waals surface area contributed by atoms with E-state index in [-0.39, 0.29) is 0 Å². The highest BCUT2D eigenvalue weighted by atomic mass is 16.2. The Morgan fingerprint density at radius 3 is 1.78 bits per heavy atom. The van der Waals surface area contributed by atoms with E-state index in [1.807, 2.05) is 0 Å². The number of nitrogens with one attached hydrogen (secondary N) is 1. The maximum atomic E-state index is 12.1. The molecule has 23 heavy (non-hydrogen) atoms. The molecule has 2 amide bonds. The first kappa shape index (κ1) is 16.0. The van der Waals surface area contributed by atoms with Crippen molar-refractivity contribution in [3.8, 4) is 12.1 Å². The van der Waals surface area contributed by atoms with Gasteiger partial charge >= 0.3 is 0 Å². The van der Waals surface area contributed by atoms with E-state index in [4.69, 9.17) is 0 Å². The molecule has 0 aromatic carbocycles. The van der Waals surface area contributed by atoms with Crippen LogP contribution in [0.15, 0.2) is 0 Å². The molecule has 0 aromatic rings.